The van der Waals surface area contributed by atoms with Gasteiger partial charge in [-0.1, -0.05) is 18.2 Å². The molecule has 8 nitrogen and oxygen atoms in total. The van der Waals surface area contributed by atoms with Crippen molar-refractivity contribution in [1.82, 2.24) is 4.90 Å². The molecule has 0 aromatic heterocycles. The summed E-state index contributed by atoms with van der Waals surface area (Å²) in [4.78, 5) is 37.3. The first-order valence-corrected chi connectivity index (χ1v) is 11.7. The number of nitrogens with zero attached hydrogens (tertiary/aromatic N) is 1. The molecular weight excluding hydrogens is 546 g/mol. The number of amides is 2. The van der Waals surface area contributed by atoms with E-state index in [1.54, 1.807) is 12.1 Å². The van der Waals surface area contributed by atoms with E-state index in [4.69, 9.17) is 0 Å². The largest absolute Gasteiger partial charge is 0.530 e. The first-order valence-electron chi connectivity index (χ1n) is 10.7. The third kappa shape index (κ3) is 5.67. The van der Waals surface area contributed by atoms with Crippen molar-refractivity contribution in [2.24, 2.45) is 0 Å². The number of esters is 1. The highest BCUT2D eigenvalue weighted by atomic mass is 32.2. The highest BCUT2D eigenvalue weighted by Gasteiger charge is 2.71. The van der Waals surface area contributed by atoms with Gasteiger partial charge in [0.05, 0.1) is 13.5 Å². The Bertz CT molecular complexity index is 1200. The SMILES string of the molecule is COC(=O)CCSc1ccc2c(c1)CN(C(=O)[O-])C2C(=O)Nc1ccc(C(O)(C(F)(F)F)C(F)(F)F)cc1. The maximum atomic E-state index is 13.1. The van der Waals surface area contributed by atoms with E-state index in [0.29, 0.717) is 38.8 Å². The van der Waals surface area contributed by atoms with E-state index in [9.17, 15) is 50.9 Å². The number of anilines is 1. The average molecular weight is 565 g/mol. The minimum absolute atomic E-state index is 0.136. The second kappa shape index (κ2) is 10.7. The Kier molecular flexibility index (Phi) is 8.21. The highest BCUT2D eigenvalue weighted by molar-refractivity contribution is 7.99. The number of carbonyl (C=O) groups excluding carboxylic acids is 3. The van der Waals surface area contributed by atoms with Gasteiger partial charge in [0, 0.05) is 28.4 Å². The predicted octanol–water partition coefficient (Wildman–Crippen LogP) is 3.49. The Balaban J connectivity index is 1.81. The normalized spacial score (nSPS) is 15.7. The molecule has 1 unspecified atom stereocenters. The molecule has 206 valence electrons. The van der Waals surface area contributed by atoms with Crippen LogP contribution in [0.4, 0.5) is 36.8 Å². The Hall–Kier alpha value is -3.46. The summed E-state index contributed by atoms with van der Waals surface area (Å²) in [6.07, 6.45) is -13.7. The third-order valence-corrected chi connectivity index (χ3v) is 6.73. The van der Waals surface area contributed by atoms with E-state index < -0.39 is 47.5 Å². The molecule has 1 heterocycles. The lowest BCUT2D eigenvalue weighted by molar-refractivity contribution is -0.376. The third-order valence-electron chi connectivity index (χ3n) is 5.74. The van der Waals surface area contributed by atoms with Crippen LogP contribution in [0.15, 0.2) is 47.4 Å². The summed E-state index contributed by atoms with van der Waals surface area (Å²) < 4.78 is 83.0. The van der Waals surface area contributed by atoms with E-state index in [2.05, 4.69) is 10.1 Å². The standard InChI is InChI=1S/C23H20F6N2O6S/c1-37-17(32)8-9-38-15-6-7-16-12(10-15)11-31(20(34)35)18(16)19(33)30-14-4-2-13(3-5-14)21(36,22(24,25)26)23(27,28)29/h2-7,10,18,36H,8-9,11H2,1H3,(H,30,33)(H,34,35)/p-1. The Morgan fingerprint density at radius 2 is 1.68 bits per heavy atom. The Morgan fingerprint density at radius 3 is 2.21 bits per heavy atom. The lowest BCUT2D eigenvalue weighted by Crippen LogP contribution is -2.53. The molecule has 1 aliphatic rings. The molecule has 3 rings (SSSR count). The van der Waals surface area contributed by atoms with Crippen molar-refractivity contribution in [3.8, 4) is 0 Å². The highest BCUT2D eigenvalue weighted by Crippen LogP contribution is 2.50. The van der Waals surface area contributed by atoms with Crippen LogP contribution in [0, 0.1) is 0 Å². The van der Waals surface area contributed by atoms with E-state index in [0.717, 1.165) is 12.1 Å². The van der Waals surface area contributed by atoms with E-state index in [-0.39, 0.29) is 18.7 Å². The number of alkyl halides is 6. The fourth-order valence-corrected chi connectivity index (χ4v) is 4.71. The summed E-state index contributed by atoms with van der Waals surface area (Å²) in [6, 6.07) is 5.46. The Morgan fingerprint density at radius 1 is 1.08 bits per heavy atom. The van der Waals surface area contributed by atoms with Crippen LogP contribution in [0.3, 0.4) is 0 Å². The van der Waals surface area contributed by atoms with Crippen LogP contribution in [0.1, 0.15) is 29.2 Å². The number of carboxylic acid groups (broad SMARTS) is 1. The van der Waals surface area contributed by atoms with Crippen molar-refractivity contribution >= 4 is 35.4 Å². The summed E-state index contributed by atoms with van der Waals surface area (Å²) in [5, 5.41) is 23.4. The first kappa shape index (κ1) is 29.1. The van der Waals surface area contributed by atoms with Crippen LogP contribution >= 0.6 is 11.8 Å². The van der Waals surface area contributed by atoms with Gasteiger partial charge in [-0.15, -0.1) is 11.8 Å². The molecule has 15 heteroatoms. The number of aliphatic hydroxyl groups is 1. The number of halogens is 6. The fourth-order valence-electron chi connectivity index (χ4n) is 3.82. The van der Waals surface area contributed by atoms with Crippen LogP contribution in [-0.4, -0.2) is 53.2 Å². The second-order valence-electron chi connectivity index (χ2n) is 8.10. The zero-order valence-corrected chi connectivity index (χ0v) is 20.2. The van der Waals surface area contributed by atoms with Crippen molar-refractivity contribution in [3.63, 3.8) is 0 Å². The molecule has 0 saturated heterocycles. The molecule has 2 aromatic carbocycles. The minimum Gasteiger partial charge on any atom is -0.530 e. The van der Waals surface area contributed by atoms with Gasteiger partial charge < -0.3 is 30.0 Å². The molecule has 0 spiro atoms. The maximum absolute atomic E-state index is 13.1. The molecule has 1 aliphatic heterocycles. The molecule has 38 heavy (non-hydrogen) atoms. The Labute approximate surface area is 215 Å². The van der Waals surface area contributed by atoms with Gasteiger partial charge in [-0.2, -0.15) is 26.3 Å². The van der Waals surface area contributed by atoms with Gasteiger partial charge in [0.15, 0.2) is 0 Å². The summed E-state index contributed by atoms with van der Waals surface area (Å²) in [5.41, 5.74) is -6.13. The number of rotatable bonds is 7. The number of benzene rings is 2. The number of thioether (sulfide) groups is 1. The molecule has 0 aliphatic carbocycles. The first-order chi connectivity index (χ1) is 17.6. The van der Waals surface area contributed by atoms with E-state index in [1.165, 1.54) is 24.9 Å². The number of fused-ring (bicyclic) bond motifs is 1. The molecule has 2 amide bonds. The smallest absolute Gasteiger partial charge is 0.430 e. The van der Waals surface area contributed by atoms with Gasteiger partial charge in [0.25, 0.3) is 11.5 Å². The summed E-state index contributed by atoms with van der Waals surface area (Å²) in [5.74, 6) is -0.963. The molecule has 0 radical (unpaired) electrons. The molecule has 1 atom stereocenters. The average Bonchev–Trinajstić information content (AvgIpc) is 3.22. The van der Waals surface area contributed by atoms with Crippen LogP contribution < -0.4 is 10.4 Å². The fraction of sp³-hybridized carbons (Fsp3) is 0.348. The number of ether oxygens (including phenoxy) is 1. The van der Waals surface area contributed by atoms with Gasteiger partial charge >= 0.3 is 18.3 Å². The summed E-state index contributed by atoms with van der Waals surface area (Å²) in [6.45, 7) is -0.218. The quantitative estimate of drug-likeness (QED) is 0.300. The molecule has 0 fully saturated rings. The monoisotopic (exact) mass is 565 g/mol. The summed E-state index contributed by atoms with van der Waals surface area (Å²) in [7, 11) is 1.25. The molecular formula is C23H19F6N2O6S-. The van der Waals surface area contributed by atoms with Crippen molar-refractivity contribution in [1.29, 1.82) is 0 Å². The topological polar surface area (TPSA) is 119 Å². The van der Waals surface area contributed by atoms with Crippen LogP contribution in [0.2, 0.25) is 0 Å². The van der Waals surface area contributed by atoms with Crippen molar-refractivity contribution in [2.45, 2.75) is 41.9 Å². The van der Waals surface area contributed by atoms with Gasteiger partial charge in [-0.25, -0.2) is 0 Å². The van der Waals surface area contributed by atoms with Crippen LogP contribution in [0.5, 0.6) is 0 Å². The number of methoxy groups -OCH3 is 1. The van der Waals surface area contributed by atoms with Crippen molar-refractivity contribution in [3.05, 3.63) is 59.2 Å². The molecule has 0 bridgehead atoms. The minimum atomic E-state index is -6.07. The molecule has 0 saturated carbocycles. The van der Waals surface area contributed by atoms with Gasteiger partial charge in [-0.3, -0.25) is 9.59 Å². The van der Waals surface area contributed by atoms with E-state index >= 15 is 0 Å². The second-order valence-corrected chi connectivity index (χ2v) is 9.27. The number of carbonyl (C=O) groups is 3. The van der Waals surface area contributed by atoms with Crippen molar-refractivity contribution in [2.75, 3.05) is 18.2 Å². The van der Waals surface area contributed by atoms with Gasteiger partial charge in [0.1, 0.15) is 12.1 Å². The zero-order chi connectivity index (χ0) is 28.5. The van der Waals surface area contributed by atoms with E-state index in [1.807, 2.05) is 0 Å². The molecule has 2 aromatic rings. The number of hydrogen-bond acceptors (Lipinski definition) is 7. The van der Waals surface area contributed by atoms with Crippen LogP contribution in [0.25, 0.3) is 0 Å². The zero-order valence-electron chi connectivity index (χ0n) is 19.4. The maximum Gasteiger partial charge on any atom is 0.430 e. The predicted molar refractivity (Wildman–Crippen MR) is 119 cm³/mol. The van der Waals surface area contributed by atoms with Crippen LogP contribution in [-0.2, 0) is 26.5 Å². The van der Waals surface area contributed by atoms with Crippen molar-refractivity contribution < 1.29 is 55.7 Å². The lowest BCUT2D eigenvalue weighted by atomic mass is 9.92. The lowest BCUT2D eigenvalue weighted by Gasteiger charge is -2.32. The number of hydrogen-bond donors (Lipinski definition) is 2. The van der Waals surface area contributed by atoms with Gasteiger partial charge in [0.2, 0.25) is 0 Å². The molecule has 2 N–H and O–H groups in total. The summed E-state index contributed by atoms with van der Waals surface area (Å²) >= 11 is 1.30. The van der Waals surface area contributed by atoms with Gasteiger partial charge in [-0.05, 0) is 35.4 Å². The number of nitrogens with one attached hydrogen (secondary N) is 1.